The molecule has 1 saturated heterocycles. The van der Waals surface area contributed by atoms with E-state index in [1.54, 1.807) is 0 Å². The Labute approximate surface area is 68.7 Å². The van der Waals surface area contributed by atoms with Crippen LogP contribution < -0.4 is 5.73 Å². The van der Waals surface area contributed by atoms with Gasteiger partial charge < -0.3 is 10.6 Å². The minimum atomic E-state index is 0.177. The average Bonchev–Trinajstić information content (AvgIpc) is 2.62. The van der Waals surface area contributed by atoms with Crippen molar-refractivity contribution in [2.24, 2.45) is 11.7 Å². The summed E-state index contributed by atoms with van der Waals surface area (Å²) in [6.45, 7) is 2.31. The van der Waals surface area contributed by atoms with Gasteiger partial charge in [0.05, 0.1) is 0 Å². The summed E-state index contributed by atoms with van der Waals surface area (Å²) in [7, 11) is 2.17. The summed E-state index contributed by atoms with van der Waals surface area (Å²) < 4.78 is 0. The fraction of sp³-hybridized carbons (Fsp3) is 1.00. The molecule has 1 unspecified atom stereocenters. The zero-order chi connectivity index (χ0) is 7.90. The van der Waals surface area contributed by atoms with Crippen molar-refractivity contribution in [3.05, 3.63) is 0 Å². The van der Waals surface area contributed by atoms with Gasteiger partial charge in [-0.2, -0.15) is 0 Å². The number of rotatable bonds is 2. The summed E-state index contributed by atoms with van der Waals surface area (Å²) in [5.74, 6) is 0.978. The molecule has 1 atom stereocenters. The third-order valence-electron chi connectivity index (χ3n) is 2.97. The zero-order valence-electron chi connectivity index (χ0n) is 7.34. The monoisotopic (exact) mass is 154 g/mol. The second kappa shape index (κ2) is 2.46. The van der Waals surface area contributed by atoms with Crippen LogP contribution in [0.1, 0.15) is 25.7 Å². The van der Waals surface area contributed by atoms with Crippen LogP contribution in [0.5, 0.6) is 0 Å². The fourth-order valence-corrected chi connectivity index (χ4v) is 2.17. The second-order valence-corrected chi connectivity index (χ2v) is 4.50. The SMILES string of the molecule is CN1CCC(N)(CC2CC2)C1. The molecule has 0 radical (unpaired) electrons. The van der Waals surface area contributed by atoms with Gasteiger partial charge in [-0.05, 0) is 32.4 Å². The Bertz CT molecular complexity index is 154. The first-order chi connectivity index (χ1) is 5.18. The lowest BCUT2D eigenvalue weighted by Gasteiger charge is -2.23. The third kappa shape index (κ3) is 1.74. The Balaban J connectivity index is 1.87. The molecule has 0 aromatic carbocycles. The topological polar surface area (TPSA) is 29.3 Å². The van der Waals surface area contributed by atoms with Crippen LogP contribution in [-0.2, 0) is 0 Å². The first kappa shape index (κ1) is 7.56. The predicted molar refractivity (Wildman–Crippen MR) is 46.4 cm³/mol. The van der Waals surface area contributed by atoms with Crippen molar-refractivity contribution in [2.45, 2.75) is 31.2 Å². The number of nitrogens with two attached hydrogens (primary N) is 1. The van der Waals surface area contributed by atoms with Crippen LogP contribution in [0.3, 0.4) is 0 Å². The van der Waals surface area contributed by atoms with E-state index < -0.39 is 0 Å². The maximum Gasteiger partial charge on any atom is 0.0298 e. The van der Waals surface area contributed by atoms with Gasteiger partial charge in [-0.1, -0.05) is 12.8 Å². The van der Waals surface area contributed by atoms with Gasteiger partial charge in [0.2, 0.25) is 0 Å². The molecule has 64 valence electrons. The molecule has 2 nitrogen and oxygen atoms in total. The molecule has 2 aliphatic rings. The molecule has 1 heterocycles. The quantitative estimate of drug-likeness (QED) is 0.638. The van der Waals surface area contributed by atoms with Crippen molar-refractivity contribution >= 4 is 0 Å². The van der Waals surface area contributed by atoms with Crippen molar-refractivity contribution in [3.63, 3.8) is 0 Å². The maximum atomic E-state index is 6.25. The van der Waals surface area contributed by atoms with E-state index in [4.69, 9.17) is 5.73 Å². The van der Waals surface area contributed by atoms with Crippen LogP contribution in [0.2, 0.25) is 0 Å². The van der Waals surface area contributed by atoms with Gasteiger partial charge in [-0.25, -0.2) is 0 Å². The Morgan fingerprint density at radius 1 is 1.55 bits per heavy atom. The van der Waals surface area contributed by atoms with Gasteiger partial charge >= 0.3 is 0 Å². The van der Waals surface area contributed by atoms with E-state index in [2.05, 4.69) is 11.9 Å². The highest BCUT2D eigenvalue weighted by Crippen LogP contribution is 2.38. The molecule has 0 bridgehead atoms. The molecule has 2 heteroatoms. The summed E-state index contributed by atoms with van der Waals surface area (Å²) in [5, 5.41) is 0. The molecule has 11 heavy (non-hydrogen) atoms. The van der Waals surface area contributed by atoms with Crippen LogP contribution in [0.4, 0.5) is 0 Å². The summed E-state index contributed by atoms with van der Waals surface area (Å²) in [6.07, 6.45) is 5.35. The van der Waals surface area contributed by atoms with Crippen LogP contribution in [-0.4, -0.2) is 30.6 Å². The lowest BCUT2D eigenvalue weighted by Crippen LogP contribution is -2.42. The fourth-order valence-electron chi connectivity index (χ4n) is 2.17. The van der Waals surface area contributed by atoms with Gasteiger partial charge in [0.15, 0.2) is 0 Å². The van der Waals surface area contributed by atoms with Crippen molar-refractivity contribution in [1.82, 2.24) is 4.90 Å². The molecule has 0 amide bonds. The lowest BCUT2D eigenvalue weighted by atomic mass is 9.93. The van der Waals surface area contributed by atoms with Crippen molar-refractivity contribution in [1.29, 1.82) is 0 Å². The van der Waals surface area contributed by atoms with Crippen LogP contribution in [0.15, 0.2) is 0 Å². The highest BCUT2D eigenvalue weighted by molar-refractivity contribution is 4.97. The summed E-state index contributed by atoms with van der Waals surface area (Å²) in [4.78, 5) is 2.35. The molecule has 1 aliphatic carbocycles. The van der Waals surface area contributed by atoms with E-state index in [1.807, 2.05) is 0 Å². The first-order valence-corrected chi connectivity index (χ1v) is 4.65. The highest BCUT2D eigenvalue weighted by atomic mass is 15.2. The van der Waals surface area contributed by atoms with E-state index in [-0.39, 0.29) is 5.54 Å². The molecule has 1 aliphatic heterocycles. The van der Waals surface area contributed by atoms with Gasteiger partial charge in [0, 0.05) is 12.1 Å². The van der Waals surface area contributed by atoms with Crippen molar-refractivity contribution in [3.8, 4) is 0 Å². The standard InChI is InChI=1S/C9H18N2/c1-11-5-4-9(10,7-11)6-8-2-3-8/h8H,2-7,10H2,1H3. The number of hydrogen-bond donors (Lipinski definition) is 1. The summed E-state index contributed by atoms with van der Waals surface area (Å²) >= 11 is 0. The predicted octanol–water partition coefficient (Wildman–Crippen LogP) is 0.819. The Morgan fingerprint density at radius 3 is 2.73 bits per heavy atom. The molecular formula is C9H18N2. The summed E-state index contributed by atoms with van der Waals surface area (Å²) in [5.41, 5.74) is 6.43. The largest absolute Gasteiger partial charge is 0.324 e. The highest BCUT2D eigenvalue weighted by Gasteiger charge is 2.37. The Morgan fingerprint density at radius 2 is 2.27 bits per heavy atom. The maximum absolute atomic E-state index is 6.25. The third-order valence-corrected chi connectivity index (χ3v) is 2.97. The van der Waals surface area contributed by atoms with Crippen LogP contribution in [0, 0.1) is 5.92 Å². The number of nitrogens with zero attached hydrogens (tertiary/aromatic N) is 1. The number of likely N-dealkylation sites (N-methyl/N-ethyl adjacent to an activating group) is 1. The number of likely N-dealkylation sites (tertiary alicyclic amines) is 1. The van der Waals surface area contributed by atoms with E-state index >= 15 is 0 Å². The van der Waals surface area contributed by atoms with Gasteiger partial charge in [0.25, 0.3) is 0 Å². The van der Waals surface area contributed by atoms with Crippen LogP contribution in [0.25, 0.3) is 0 Å². The molecule has 2 N–H and O–H groups in total. The van der Waals surface area contributed by atoms with Gasteiger partial charge in [-0.15, -0.1) is 0 Å². The average molecular weight is 154 g/mol. The molecule has 2 rings (SSSR count). The van der Waals surface area contributed by atoms with E-state index in [1.165, 1.54) is 32.2 Å². The van der Waals surface area contributed by atoms with Crippen molar-refractivity contribution in [2.75, 3.05) is 20.1 Å². The Kier molecular flexibility index (Phi) is 1.69. The lowest BCUT2D eigenvalue weighted by molar-refractivity contribution is 0.343. The van der Waals surface area contributed by atoms with Gasteiger partial charge in [0.1, 0.15) is 0 Å². The smallest absolute Gasteiger partial charge is 0.0298 e. The van der Waals surface area contributed by atoms with Gasteiger partial charge in [-0.3, -0.25) is 0 Å². The minimum Gasteiger partial charge on any atom is -0.324 e. The minimum absolute atomic E-state index is 0.177. The second-order valence-electron chi connectivity index (χ2n) is 4.50. The molecule has 0 spiro atoms. The van der Waals surface area contributed by atoms with Crippen LogP contribution >= 0.6 is 0 Å². The number of hydrogen-bond acceptors (Lipinski definition) is 2. The van der Waals surface area contributed by atoms with E-state index in [0.717, 1.165) is 12.5 Å². The first-order valence-electron chi connectivity index (χ1n) is 4.65. The molecular weight excluding hydrogens is 136 g/mol. The molecule has 0 aromatic rings. The van der Waals surface area contributed by atoms with E-state index in [0.29, 0.717) is 0 Å². The zero-order valence-corrected chi connectivity index (χ0v) is 7.34. The Hall–Kier alpha value is -0.0800. The molecule has 1 saturated carbocycles. The van der Waals surface area contributed by atoms with E-state index in [9.17, 15) is 0 Å². The normalized spacial score (nSPS) is 39.8. The molecule has 0 aromatic heterocycles. The molecule has 2 fully saturated rings. The summed E-state index contributed by atoms with van der Waals surface area (Å²) in [6, 6.07) is 0. The van der Waals surface area contributed by atoms with Crippen molar-refractivity contribution < 1.29 is 0 Å².